The number of ether oxygens (including phenoxy) is 1. The van der Waals surface area contributed by atoms with E-state index in [0.717, 1.165) is 23.3 Å². The zero-order valence-corrected chi connectivity index (χ0v) is 12.3. The fourth-order valence-corrected chi connectivity index (χ4v) is 2.95. The lowest BCUT2D eigenvalue weighted by Crippen LogP contribution is -2.07. The van der Waals surface area contributed by atoms with Gasteiger partial charge in [-0.3, -0.25) is 4.79 Å². The van der Waals surface area contributed by atoms with Crippen molar-refractivity contribution in [3.63, 3.8) is 0 Å². The van der Waals surface area contributed by atoms with Gasteiger partial charge in [-0.25, -0.2) is 4.39 Å². The summed E-state index contributed by atoms with van der Waals surface area (Å²) in [4.78, 5) is 12.4. The highest BCUT2D eigenvalue weighted by molar-refractivity contribution is 6.30. The van der Waals surface area contributed by atoms with Crippen LogP contribution in [0, 0.1) is 12.7 Å². The minimum atomic E-state index is -0.337. The lowest BCUT2D eigenvalue weighted by molar-refractivity contribution is 0.0991. The maximum atomic E-state index is 13.1. The first kappa shape index (κ1) is 14.1. The average molecular weight is 305 g/mol. The number of Topliss-reactive ketones (excluding diaryl/α,β-unsaturated/α-hetero) is 1. The molecule has 4 heteroatoms. The van der Waals surface area contributed by atoms with Crippen LogP contribution >= 0.6 is 11.6 Å². The van der Waals surface area contributed by atoms with E-state index in [1.165, 1.54) is 18.2 Å². The van der Waals surface area contributed by atoms with Gasteiger partial charge in [0.25, 0.3) is 0 Å². The first-order chi connectivity index (χ1) is 10.0. The molecule has 0 N–H and O–H groups in total. The summed E-state index contributed by atoms with van der Waals surface area (Å²) in [5, 5.41) is 0.609. The van der Waals surface area contributed by atoms with Gasteiger partial charge in [0.05, 0.1) is 6.61 Å². The van der Waals surface area contributed by atoms with E-state index in [9.17, 15) is 9.18 Å². The van der Waals surface area contributed by atoms with Crippen molar-refractivity contribution in [2.24, 2.45) is 0 Å². The molecule has 0 aromatic heterocycles. The van der Waals surface area contributed by atoms with Crippen molar-refractivity contribution in [2.75, 3.05) is 6.61 Å². The zero-order chi connectivity index (χ0) is 15.0. The number of fused-ring (bicyclic) bond motifs is 1. The van der Waals surface area contributed by atoms with Crippen molar-refractivity contribution in [3.05, 3.63) is 63.4 Å². The molecule has 0 bridgehead atoms. The van der Waals surface area contributed by atoms with E-state index in [0.29, 0.717) is 22.8 Å². The van der Waals surface area contributed by atoms with Crippen LogP contribution in [-0.4, -0.2) is 12.4 Å². The summed E-state index contributed by atoms with van der Waals surface area (Å²) in [6, 6.07) is 7.84. The van der Waals surface area contributed by atoms with Gasteiger partial charge in [0, 0.05) is 29.0 Å². The molecule has 3 rings (SSSR count). The molecule has 0 radical (unpaired) electrons. The van der Waals surface area contributed by atoms with Gasteiger partial charge in [0.15, 0.2) is 5.78 Å². The van der Waals surface area contributed by atoms with Crippen molar-refractivity contribution in [1.82, 2.24) is 0 Å². The molecule has 0 atom stereocenters. The largest absolute Gasteiger partial charge is 0.493 e. The maximum Gasteiger partial charge on any atom is 0.167 e. The van der Waals surface area contributed by atoms with Gasteiger partial charge in [0.2, 0.25) is 0 Å². The molecular weight excluding hydrogens is 291 g/mol. The van der Waals surface area contributed by atoms with Gasteiger partial charge in [-0.05, 0) is 48.4 Å². The van der Waals surface area contributed by atoms with Crippen molar-refractivity contribution in [1.29, 1.82) is 0 Å². The Kier molecular flexibility index (Phi) is 3.68. The second-order valence-corrected chi connectivity index (χ2v) is 5.65. The van der Waals surface area contributed by atoms with E-state index in [4.69, 9.17) is 16.3 Å². The van der Waals surface area contributed by atoms with E-state index in [1.807, 2.05) is 6.07 Å². The third kappa shape index (κ3) is 2.79. The predicted molar refractivity (Wildman–Crippen MR) is 79.8 cm³/mol. The number of benzene rings is 2. The van der Waals surface area contributed by atoms with Crippen LogP contribution in [0.15, 0.2) is 30.3 Å². The van der Waals surface area contributed by atoms with E-state index >= 15 is 0 Å². The molecule has 21 heavy (non-hydrogen) atoms. The minimum Gasteiger partial charge on any atom is -0.493 e. The molecule has 108 valence electrons. The average Bonchev–Trinajstić information content (AvgIpc) is 2.86. The smallest absolute Gasteiger partial charge is 0.167 e. The number of carbonyl (C=O) groups excluding carboxylic acids is 1. The molecule has 0 aliphatic carbocycles. The number of rotatable bonds is 3. The molecule has 0 saturated heterocycles. The molecule has 0 saturated carbocycles. The molecule has 0 fully saturated rings. The van der Waals surface area contributed by atoms with Crippen LogP contribution in [0.2, 0.25) is 5.02 Å². The number of carbonyl (C=O) groups is 1. The summed E-state index contributed by atoms with van der Waals surface area (Å²) in [5.74, 6) is 0.371. The molecule has 1 aliphatic heterocycles. The Hall–Kier alpha value is -1.87. The first-order valence-electron chi connectivity index (χ1n) is 6.78. The summed E-state index contributed by atoms with van der Waals surface area (Å²) < 4.78 is 18.7. The molecule has 0 unspecified atom stereocenters. The highest BCUT2D eigenvalue weighted by atomic mass is 35.5. The third-order valence-electron chi connectivity index (χ3n) is 3.67. The summed E-state index contributed by atoms with van der Waals surface area (Å²) >= 11 is 6.09. The van der Waals surface area contributed by atoms with Gasteiger partial charge in [0.1, 0.15) is 11.6 Å². The molecule has 1 heterocycles. The van der Waals surface area contributed by atoms with Crippen LogP contribution in [0.4, 0.5) is 4.39 Å². The van der Waals surface area contributed by atoms with Crippen LogP contribution in [0.3, 0.4) is 0 Å². The minimum absolute atomic E-state index is 0.0625. The highest BCUT2D eigenvalue weighted by Crippen LogP contribution is 2.33. The molecule has 0 amide bonds. The molecular formula is C17H14ClFO2. The van der Waals surface area contributed by atoms with E-state index in [-0.39, 0.29) is 18.0 Å². The summed E-state index contributed by atoms with van der Waals surface area (Å²) in [6.07, 6.45) is 1.02. The third-order valence-corrected chi connectivity index (χ3v) is 3.88. The van der Waals surface area contributed by atoms with Gasteiger partial charge in [-0.15, -0.1) is 0 Å². The topological polar surface area (TPSA) is 26.3 Å². The highest BCUT2D eigenvalue weighted by Gasteiger charge is 2.20. The lowest BCUT2D eigenvalue weighted by Gasteiger charge is -2.10. The fourth-order valence-electron chi connectivity index (χ4n) is 2.69. The number of hydrogen-bond acceptors (Lipinski definition) is 2. The van der Waals surface area contributed by atoms with Gasteiger partial charge >= 0.3 is 0 Å². The molecule has 2 aromatic rings. The Morgan fingerprint density at radius 2 is 2.14 bits per heavy atom. The Morgan fingerprint density at radius 3 is 2.90 bits per heavy atom. The summed E-state index contributed by atoms with van der Waals surface area (Å²) in [5.41, 5.74) is 3.01. The van der Waals surface area contributed by atoms with Crippen LogP contribution in [0.5, 0.6) is 5.75 Å². The monoisotopic (exact) mass is 304 g/mol. The van der Waals surface area contributed by atoms with Crippen molar-refractivity contribution < 1.29 is 13.9 Å². The van der Waals surface area contributed by atoms with E-state index < -0.39 is 0 Å². The number of ketones is 1. The molecule has 2 nitrogen and oxygen atoms in total. The van der Waals surface area contributed by atoms with Crippen LogP contribution in [0.1, 0.15) is 27.0 Å². The molecule has 0 spiro atoms. The van der Waals surface area contributed by atoms with Gasteiger partial charge < -0.3 is 4.74 Å². The molecule has 2 aromatic carbocycles. The molecule has 1 aliphatic rings. The Labute approximate surface area is 127 Å². The summed E-state index contributed by atoms with van der Waals surface area (Å²) in [7, 11) is 0. The number of aryl methyl sites for hydroxylation is 1. The van der Waals surface area contributed by atoms with Crippen molar-refractivity contribution >= 4 is 17.4 Å². The Bertz CT molecular complexity index is 725. The first-order valence-corrected chi connectivity index (χ1v) is 7.16. The summed E-state index contributed by atoms with van der Waals surface area (Å²) in [6.45, 7) is 2.35. The van der Waals surface area contributed by atoms with Crippen LogP contribution in [0.25, 0.3) is 0 Å². The number of hydrogen-bond donors (Lipinski definition) is 0. The zero-order valence-electron chi connectivity index (χ0n) is 11.6. The second-order valence-electron chi connectivity index (χ2n) is 5.21. The quantitative estimate of drug-likeness (QED) is 0.796. The maximum absolute atomic E-state index is 13.1. The SMILES string of the molecule is Cc1cc(F)ccc1C(=O)Cc1cc(Cl)cc2c1OCC2. The lowest BCUT2D eigenvalue weighted by atomic mass is 9.97. The Morgan fingerprint density at radius 1 is 1.33 bits per heavy atom. The second kappa shape index (κ2) is 5.49. The van der Waals surface area contributed by atoms with Gasteiger partial charge in [-0.1, -0.05) is 11.6 Å². The van der Waals surface area contributed by atoms with Crippen molar-refractivity contribution in [3.8, 4) is 5.75 Å². The predicted octanol–water partition coefficient (Wildman–Crippen LogP) is 4.15. The number of halogens is 2. The standard InChI is InChI=1S/C17H14ClFO2/c1-10-6-14(19)2-3-15(10)16(20)9-12-8-13(18)7-11-4-5-21-17(11)12/h2-3,6-8H,4-5,9H2,1H3. The van der Waals surface area contributed by atoms with Gasteiger partial charge in [-0.2, -0.15) is 0 Å². The fraction of sp³-hybridized carbons (Fsp3) is 0.235. The van der Waals surface area contributed by atoms with Crippen LogP contribution in [-0.2, 0) is 12.8 Å². The normalized spacial score (nSPS) is 12.9. The van der Waals surface area contributed by atoms with E-state index in [2.05, 4.69) is 0 Å². The van der Waals surface area contributed by atoms with E-state index in [1.54, 1.807) is 13.0 Å². The Balaban J connectivity index is 1.92. The van der Waals surface area contributed by atoms with Crippen molar-refractivity contribution in [2.45, 2.75) is 19.8 Å². The van der Waals surface area contributed by atoms with Crippen LogP contribution < -0.4 is 4.74 Å².